The van der Waals surface area contributed by atoms with Gasteiger partial charge in [0.25, 0.3) is 0 Å². The number of nitrogens with one attached hydrogen (secondary N) is 2. The first-order chi connectivity index (χ1) is 11.6. The summed E-state index contributed by atoms with van der Waals surface area (Å²) in [6.07, 6.45) is 3.29. The van der Waals surface area contributed by atoms with Crippen molar-refractivity contribution in [2.24, 2.45) is 0 Å². The Bertz CT molecular complexity index is 550. The number of likely N-dealkylation sites (tertiary alicyclic amines) is 1. The third-order valence-corrected chi connectivity index (χ3v) is 3.86. The molecule has 1 saturated heterocycles. The summed E-state index contributed by atoms with van der Waals surface area (Å²) in [5.74, 6) is -0.892. The standard InChI is InChI=1S/C16H24N4O4/c1-23-9-8-20-7-3-4-13(11-20)19-16(22)15(21)18-12-5-6-14(24-2)17-10-12/h5-6,10,13H,3-4,7-9,11H2,1-2H3,(H,18,21)(H,19,22). The van der Waals surface area contributed by atoms with Crippen molar-refractivity contribution in [3.8, 4) is 5.88 Å². The van der Waals surface area contributed by atoms with Gasteiger partial charge in [0, 0.05) is 32.3 Å². The molecule has 1 fully saturated rings. The van der Waals surface area contributed by atoms with Crippen LogP contribution >= 0.6 is 0 Å². The summed E-state index contributed by atoms with van der Waals surface area (Å²) in [6.45, 7) is 3.20. The number of carbonyl (C=O) groups is 2. The molecule has 24 heavy (non-hydrogen) atoms. The van der Waals surface area contributed by atoms with Crippen molar-refractivity contribution >= 4 is 17.5 Å². The zero-order chi connectivity index (χ0) is 17.4. The van der Waals surface area contributed by atoms with Gasteiger partial charge in [-0.3, -0.25) is 14.5 Å². The summed E-state index contributed by atoms with van der Waals surface area (Å²) in [4.78, 5) is 30.2. The fraction of sp³-hybridized carbons (Fsp3) is 0.562. The highest BCUT2D eigenvalue weighted by Crippen LogP contribution is 2.12. The Morgan fingerprint density at radius 2 is 2.17 bits per heavy atom. The van der Waals surface area contributed by atoms with Crippen LogP contribution in [0, 0.1) is 0 Å². The maximum absolute atomic E-state index is 12.0. The monoisotopic (exact) mass is 336 g/mol. The van der Waals surface area contributed by atoms with Crippen LogP contribution in [0.15, 0.2) is 18.3 Å². The number of nitrogens with zero attached hydrogens (tertiary/aromatic N) is 2. The Labute approximate surface area is 141 Å². The highest BCUT2D eigenvalue weighted by atomic mass is 16.5. The fourth-order valence-electron chi connectivity index (χ4n) is 2.61. The fourth-order valence-corrected chi connectivity index (χ4v) is 2.61. The van der Waals surface area contributed by atoms with Crippen molar-refractivity contribution in [2.45, 2.75) is 18.9 Å². The molecular weight excluding hydrogens is 312 g/mol. The highest BCUT2D eigenvalue weighted by molar-refractivity contribution is 6.39. The normalized spacial score (nSPS) is 18.0. The minimum absolute atomic E-state index is 0.0251. The number of piperidine rings is 1. The number of anilines is 1. The summed E-state index contributed by atoms with van der Waals surface area (Å²) in [6, 6.07) is 3.22. The van der Waals surface area contributed by atoms with Crippen LogP contribution in [0.2, 0.25) is 0 Å². The van der Waals surface area contributed by atoms with Crippen LogP contribution in [0.25, 0.3) is 0 Å². The Morgan fingerprint density at radius 3 is 2.83 bits per heavy atom. The number of carbonyl (C=O) groups excluding carboxylic acids is 2. The molecule has 0 aromatic carbocycles. The van der Waals surface area contributed by atoms with Gasteiger partial charge in [0.2, 0.25) is 5.88 Å². The summed E-state index contributed by atoms with van der Waals surface area (Å²) in [5, 5.41) is 5.31. The number of methoxy groups -OCH3 is 2. The van der Waals surface area contributed by atoms with Gasteiger partial charge >= 0.3 is 11.8 Å². The van der Waals surface area contributed by atoms with E-state index in [4.69, 9.17) is 9.47 Å². The molecule has 0 saturated carbocycles. The van der Waals surface area contributed by atoms with E-state index in [0.717, 1.165) is 32.5 Å². The van der Waals surface area contributed by atoms with Crippen molar-refractivity contribution in [1.29, 1.82) is 0 Å². The molecular formula is C16H24N4O4. The van der Waals surface area contributed by atoms with Crippen molar-refractivity contribution in [3.05, 3.63) is 18.3 Å². The van der Waals surface area contributed by atoms with E-state index in [1.54, 1.807) is 19.2 Å². The molecule has 1 aliphatic heterocycles. The number of rotatable bonds is 6. The molecule has 1 unspecified atom stereocenters. The first kappa shape index (κ1) is 18.2. The third kappa shape index (κ3) is 5.47. The average molecular weight is 336 g/mol. The quantitative estimate of drug-likeness (QED) is 0.724. The molecule has 8 heteroatoms. The predicted molar refractivity (Wildman–Crippen MR) is 88.9 cm³/mol. The van der Waals surface area contributed by atoms with Crippen LogP contribution in [-0.2, 0) is 14.3 Å². The van der Waals surface area contributed by atoms with Crippen molar-refractivity contribution in [3.63, 3.8) is 0 Å². The molecule has 132 valence electrons. The van der Waals surface area contributed by atoms with Crippen LogP contribution < -0.4 is 15.4 Å². The maximum Gasteiger partial charge on any atom is 0.313 e. The van der Waals surface area contributed by atoms with E-state index in [-0.39, 0.29) is 6.04 Å². The van der Waals surface area contributed by atoms with Gasteiger partial charge in [-0.15, -0.1) is 0 Å². The smallest absolute Gasteiger partial charge is 0.313 e. The van der Waals surface area contributed by atoms with Gasteiger partial charge in [0.15, 0.2) is 0 Å². The van der Waals surface area contributed by atoms with Crippen LogP contribution in [0.5, 0.6) is 5.88 Å². The number of amides is 2. The van der Waals surface area contributed by atoms with Gasteiger partial charge in [0.05, 0.1) is 25.6 Å². The predicted octanol–water partition coefficient (Wildman–Crippen LogP) is 0.256. The van der Waals surface area contributed by atoms with E-state index in [2.05, 4.69) is 20.5 Å². The zero-order valence-electron chi connectivity index (χ0n) is 14.1. The average Bonchev–Trinajstić information content (AvgIpc) is 2.61. The van der Waals surface area contributed by atoms with E-state index in [9.17, 15) is 9.59 Å². The largest absolute Gasteiger partial charge is 0.481 e. The van der Waals surface area contributed by atoms with Crippen LogP contribution in [-0.4, -0.2) is 68.2 Å². The lowest BCUT2D eigenvalue weighted by atomic mass is 10.1. The Morgan fingerprint density at radius 1 is 1.33 bits per heavy atom. The highest BCUT2D eigenvalue weighted by Gasteiger charge is 2.23. The van der Waals surface area contributed by atoms with Gasteiger partial charge in [0.1, 0.15) is 0 Å². The summed E-state index contributed by atoms with van der Waals surface area (Å²) in [7, 11) is 3.18. The number of hydrogen-bond acceptors (Lipinski definition) is 6. The topological polar surface area (TPSA) is 92.8 Å². The number of pyridine rings is 1. The minimum Gasteiger partial charge on any atom is -0.481 e. The molecule has 1 atom stereocenters. The summed E-state index contributed by atoms with van der Waals surface area (Å²) < 4.78 is 10.0. The molecule has 0 spiro atoms. The van der Waals surface area contributed by atoms with E-state index in [1.165, 1.54) is 13.3 Å². The zero-order valence-corrected chi connectivity index (χ0v) is 14.1. The second kappa shape index (κ2) is 9.19. The lowest BCUT2D eigenvalue weighted by Gasteiger charge is -2.32. The second-order valence-electron chi connectivity index (χ2n) is 5.65. The SMILES string of the molecule is COCCN1CCCC(NC(=O)C(=O)Nc2ccc(OC)nc2)C1. The summed E-state index contributed by atoms with van der Waals surface area (Å²) >= 11 is 0. The summed E-state index contributed by atoms with van der Waals surface area (Å²) in [5.41, 5.74) is 0.446. The molecule has 8 nitrogen and oxygen atoms in total. The van der Waals surface area contributed by atoms with Gasteiger partial charge < -0.3 is 20.1 Å². The first-order valence-corrected chi connectivity index (χ1v) is 7.95. The lowest BCUT2D eigenvalue weighted by molar-refractivity contribution is -0.136. The van der Waals surface area contributed by atoms with E-state index >= 15 is 0 Å². The molecule has 1 aliphatic rings. The number of ether oxygens (including phenoxy) is 2. The molecule has 1 aromatic rings. The van der Waals surface area contributed by atoms with E-state index in [0.29, 0.717) is 18.2 Å². The van der Waals surface area contributed by atoms with Gasteiger partial charge in [-0.2, -0.15) is 0 Å². The molecule has 0 radical (unpaired) electrons. The van der Waals surface area contributed by atoms with Gasteiger partial charge in [-0.1, -0.05) is 0 Å². The lowest BCUT2D eigenvalue weighted by Crippen LogP contribution is -2.50. The first-order valence-electron chi connectivity index (χ1n) is 7.95. The molecule has 2 amide bonds. The van der Waals surface area contributed by atoms with E-state index < -0.39 is 11.8 Å². The van der Waals surface area contributed by atoms with Crippen molar-refractivity contribution in [2.75, 3.05) is 45.8 Å². The Hall–Kier alpha value is -2.19. The van der Waals surface area contributed by atoms with Crippen LogP contribution in [0.4, 0.5) is 5.69 Å². The molecule has 2 rings (SSSR count). The maximum atomic E-state index is 12.0. The Kier molecular flexibility index (Phi) is 6.95. The van der Waals surface area contributed by atoms with Gasteiger partial charge in [-0.25, -0.2) is 4.98 Å². The molecule has 2 heterocycles. The second-order valence-corrected chi connectivity index (χ2v) is 5.65. The van der Waals surface area contributed by atoms with Gasteiger partial charge in [-0.05, 0) is 25.5 Å². The minimum atomic E-state index is -0.698. The molecule has 1 aromatic heterocycles. The van der Waals surface area contributed by atoms with E-state index in [1.807, 2.05) is 0 Å². The van der Waals surface area contributed by atoms with Crippen LogP contribution in [0.1, 0.15) is 12.8 Å². The molecule has 0 bridgehead atoms. The number of aromatic nitrogens is 1. The van der Waals surface area contributed by atoms with Crippen LogP contribution in [0.3, 0.4) is 0 Å². The molecule has 0 aliphatic carbocycles. The number of hydrogen-bond donors (Lipinski definition) is 2. The Balaban J connectivity index is 1.81. The third-order valence-electron chi connectivity index (χ3n) is 3.86. The van der Waals surface area contributed by atoms with Crippen molar-refractivity contribution in [1.82, 2.24) is 15.2 Å². The van der Waals surface area contributed by atoms with Crippen molar-refractivity contribution < 1.29 is 19.1 Å². The molecule has 2 N–H and O–H groups in total.